The molecule has 14 heavy (non-hydrogen) atoms. The molecule has 0 spiro atoms. The predicted molar refractivity (Wildman–Crippen MR) is 55.0 cm³/mol. The first-order chi connectivity index (χ1) is 6.49. The van der Waals surface area contributed by atoms with Crippen LogP contribution in [-0.2, 0) is 10.0 Å². The molecule has 0 aromatic heterocycles. The number of nitrogens with one attached hydrogen (secondary N) is 1. The normalized spacial score (nSPS) is 12.0. The summed E-state index contributed by atoms with van der Waals surface area (Å²) in [6.45, 7) is 3.87. The summed E-state index contributed by atoms with van der Waals surface area (Å²) < 4.78 is 23.0. The molecule has 1 aromatic rings. The minimum atomic E-state index is -3.55. The van der Waals surface area contributed by atoms with Crippen molar-refractivity contribution in [1.29, 1.82) is 0 Å². The van der Waals surface area contributed by atoms with Gasteiger partial charge < -0.3 is 0 Å². The first kappa shape index (κ1) is 11.2. The third-order valence-electron chi connectivity index (χ3n) is 1.99. The summed E-state index contributed by atoms with van der Waals surface area (Å²) in [6, 6.07) is 6.82. The fourth-order valence-corrected chi connectivity index (χ4v) is 2.26. The van der Waals surface area contributed by atoms with Crippen LogP contribution in [0, 0.1) is 0 Å². The van der Waals surface area contributed by atoms with E-state index < -0.39 is 10.0 Å². The van der Waals surface area contributed by atoms with E-state index in [1.807, 2.05) is 24.7 Å². The molecule has 0 aliphatic carbocycles. The van der Waals surface area contributed by atoms with Gasteiger partial charge in [-0.15, -0.1) is 0 Å². The van der Waals surface area contributed by atoms with Gasteiger partial charge in [0, 0.05) is 0 Å². The van der Waals surface area contributed by atoms with Gasteiger partial charge in [0.25, 0.3) is 10.0 Å². The summed E-state index contributed by atoms with van der Waals surface area (Å²) in [6.07, 6.45) is 0. The molecule has 0 radical (unpaired) electrons. The molecule has 0 heterocycles. The van der Waals surface area contributed by atoms with Gasteiger partial charge in [-0.2, -0.15) is 4.83 Å². The predicted octanol–water partition coefficient (Wildman–Crippen LogP) is 0.962. The van der Waals surface area contributed by atoms with E-state index in [0.29, 0.717) is 0 Å². The Morgan fingerprint density at radius 3 is 2.36 bits per heavy atom. The maximum atomic E-state index is 11.5. The van der Waals surface area contributed by atoms with Crippen LogP contribution in [0.5, 0.6) is 0 Å². The Kier molecular flexibility index (Phi) is 3.25. The van der Waals surface area contributed by atoms with E-state index in [0.717, 1.165) is 5.56 Å². The zero-order valence-electron chi connectivity index (χ0n) is 8.19. The Morgan fingerprint density at radius 2 is 1.86 bits per heavy atom. The quantitative estimate of drug-likeness (QED) is 0.581. The van der Waals surface area contributed by atoms with Crippen molar-refractivity contribution >= 4 is 10.0 Å². The third-order valence-corrected chi connectivity index (χ3v) is 3.25. The molecule has 0 bridgehead atoms. The van der Waals surface area contributed by atoms with Crippen LogP contribution >= 0.6 is 0 Å². The number of nitrogens with two attached hydrogens (primary N) is 1. The first-order valence-electron chi connectivity index (χ1n) is 4.30. The smallest absolute Gasteiger partial charge is 0.253 e. The highest BCUT2D eigenvalue weighted by molar-refractivity contribution is 7.89. The van der Waals surface area contributed by atoms with Gasteiger partial charge in [-0.25, -0.2) is 8.42 Å². The lowest BCUT2D eigenvalue weighted by molar-refractivity contribution is 0.582. The number of sulfonamides is 1. The topological polar surface area (TPSA) is 72.2 Å². The maximum absolute atomic E-state index is 11.5. The van der Waals surface area contributed by atoms with Crippen molar-refractivity contribution in [1.82, 2.24) is 4.83 Å². The van der Waals surface area contributed by atoms with Crippen LogP contribution in [-0.4, -0.2) is 8.42 Å². The molecule has 3 N–H and O–H groups in total. The second-order valence-electron chi connectivity index (χ2n) is 3.31. The zero-order valence-corrected chi connectivity index (χ0v) is 9.01. The van der Waals surface area contributed by atoms with E-state index in [9.17, 15) is 8.42 Å². The molecule has 0 aliphatic heterocycles. The molecule has 0 amide bonds. The molecule has 1 aromatic carbocycles. The van der Waals surface area contributed by atoms with Gasteiger partial charge >= 0.3 is 0 Å². The number of hydrazine groups is 1. The summed E-state index contributed by atoms with van der Waals surface area (Å²) in [5.74, 6) is 5.12. The van der Waals surface area contributed by atoms with Crippen LogP contribution in [0.4, 0.5) is 0 Å². The minimum absolute atomic E-state index is 0.148. The van der Waals surface area contributed by atoms with Gasteiger partial charge in [-0.3, -0.25) is 5.84 Å². The highest BCUT2D eigenvalue weighted by Crippen LogP contribution is 2.22. The van der Waals surface area contributed by atoms with E-state index in [4.69, 9.17) is 5.84 Å². The van der Waals surface area contributed by atoms with Gasteiger partial charge in [0.15, 0.2) is 0 Å². The van der Waals surface area contributed by atoms with Crippen molar-refractivity contribution in [3.8, 4) is 0 Å². The van der Waals surface area contributed by atoms with E-state index in [-0.39, 0.29) is 10.8 Å². The highest BCUT2D eigenvalue weighted by atomic mass is 32.2. The van der Waals surface area contributed by atoms with Crippen LogP contribution in [0.2, 0.25) is 0 Å². The lowest BCUT2D eigenvalue weighted by atomic mass is 10.0. The summed E-state index contributed by atoms with van der Waals surface area (Å²) in [4.78, 5) is 2.07. The highest BCUT2D eigenvalue weighted by Gasteiger charge is 2.17. The van der Waals surface area contributed by atoms with Crippen molar-refractivity contribution in [2.45, 2.75) is 24.7 Å². The Hall–Kier alpha value is -0.910. The first-order valence-corrected chi connectivity index (χ1v) is 5.78. The molecular weight excluding hydrogens is 200 g/mol. The second-order valence-corrected chi connectivity index (χ2v) is 5.00. The van der Waals surface area contributed by atoms with E-state index in [1.54, 1.807) is 18.2 Å². The second kappa shape index (κ2) is 4.08. The molecule has 78 valence electrons. The Balaban J connectivity index is 3.35. The number of hydrogen-bond donors (Lipinski definition) is 2. The molecule has 5 heteroatoms. The van der Waals surface area contributed by atoms with Crippen molar-refractivity contribution in [2.75, 3.05) is 0 Å². The Bertz CT molecular complexity index is 413. The molecule has 0 unspecified atom stereocenters. The van der Waals surface area contributed by atoms with Gasteiger partial charge in [0.2, 0.25) is 0 Å². The lowest BCUT2D eigenvalue weighted by Gasteiger charge is -2.11. The van der Waals surface area contributed by atoms with E-state index in [1.165, 1.54) is 0 Å². The largest absolute Gasteiger partial charge is 0.257 e. The minimum Gasteiger partial charge on any atom is -0.257 e. The van der Waals surface area contributed by atoms with Crippen LogP contribution in [0.25, 0.3) is 0 Å². The summed E-state index contributed by atoms with van der Waals surface area (Å²) >= 11 is 0. The van der Waals surface area contributed by atoms with Gasteiger partial charge in [0.05, 0.1) is 4.90 Å². The van der Waals surface area contributed by atoms with Crippen LogP contribution < -0.4 is 10.7 Å². The van der Waals surface area contributed by atoms with Crippen molar-refractivity contribution in [2.24, 2.45) is 5.84 Å². The fourth-order valence-electron chi connectivity index (χ4n) is 1.27. The monoisotopic (exact) mass is 214 g/mol. The summed E-state index contributed by atoms with van der Waals surface area (Å²) in [5.41, 5.74) is 0.769. The Morgan fingerprint density at radius 1 is 1.29 bits per heavy atom. The molecule has 0 fully saturated rings. The summed E-state index contributed by atoms with van der Waals surface area (Å²) in [7, 11) is -3.55. The van der Waals surface area contributed by atoms with Gasteiger partial charge in [-0.05, 0) is 17.5 Å². The summed E-state index contributed by atoms with van der Waals surface area (Å²) in [5, 5.41) is 0. The maximum Gasteiger partial charge on any atom is 0.253 e. The SMILES string of the molecule is CC(C)c1ccccc1S(=O)(=O)NN. The average molecular weight is 214 g/mol. The van der Waals surface area contributed by atoms with Gasteiger partial charge in [0.1, 0.15) is 0 Å². The van der Waals surface area contributed by atoms with Crippen molar-refractivity contribution in [3.63, 3.8) is 0 Å². The molecule has 1 rings (SSSR count). The van der Waals surface area contributed by atoms with Crippen LogP contribution in [0.15, 0.2) is 29.2 Å². The zero-order chi connectivity index (χ0) is 10.8. The fraction of sp³-hybridized carbons (Fsp3) is 0.333. The molecule has 4 nitrogen and oxygen atoms in total. The third kappa shape index (κ3) is 2.12. The molecule has 0 saturated carbocycles. The molecule has 0 aliphatic rings. The van der Waals surface area contributed by atoms with Gasteiger partial charge in [-0.1, -0.05) is 32.0 Å². The Labute approximate surface area is 84.1 Å². The molecule has 0 saturated heterocycles. The lowest BCUT2D eigenvalue weighted by Crippen LogP contribution is -2.31. The average Bonchev–Trinajstić information content (AvgIpc) is 2.18. The van der Waals surface area contributed by atoms with E-state index >= 15 is 0 Å². The molecular formula is C9H14N2O2S. The molecule has 0 atom stereocenters. The number of hydrogen-bond acceptors (Lipinski definition) is 3. The number of benzene rings is 1. The standard InChI is InChI=1S/C9H14N2O2S/c1-7(2)8-5-3-4-6-9(8)14(12,13)11-10/h3-7,11H,10H2,1-2H3. The van der Waals surface area contributed by atoms with E-state index in [2.05, 4.69) is 0 Å². The van der Waals surface area contributed by atoms with Crippen LogP contribution in [0.1, 0.15) is 25.3 Å². The van der Waals surface area contributed by atoms with Crippen molar-refractivity contribution < 1.29 is 8.42 Å². The number of rotatable bonds is 3. The van der Waals surface area contributed by atoms with Crippen LogP contribution in [0.3, 0.4) is 0 Å². The van der Waals surface area contributed by atoms with Crippen molar-refractivity contribution in [3.05, 3.63) is 29.8 Å².